The second kappa shape index (κ2) is 7.07. The molecule has 2 atom stereocenters. The van der Waals surface area contributed by atoms with Gasteiger partial charge in [-0.2, -0.15) is 0 Å². The third-order valence-corrected chi connectivity index (χ3v) is 7.51. The molecule has 0 unspecified atom stereocenters. The van der Waals surface area contributed by atoms with Crippen molar-refractivity contribution in [1.29, 1.82) is 0 Å². The van der Waals surface area contributed by atoms with Crippen LogP contribution in [0, 0.1) is 11.6 Å². The van der Waals surface area contributed by atoms with Crippen LogP contribution in [0.5, 0.6) is 0 Å². The van der Waals surface area contributed by atoms with Crippen molar-refractivity contribution in [3.63, 3.8) is 0 Å². The fourth-order valence-corrected chi connectivity index (χ4v) is 6.48. The summed E-state index contributed by atoms with van der Waals surface area (Å²) >= 11 is 7.39. The van der Waals surface area contributed by atoms with Gasteiger partial charge in [-0.3, -0.25) is 4.99 Å². The Hall–Kier alpha value is -1.64. The Morgan fingerprint density at radius 3 is 2.74 bits per heavy atom. The zero-order chi connectivity index (χ0) is 19.2. The summed E-state index contributed by atoms with van der Waals surface area (Å²) < 4.78 is 51.8. The molecule has 142 valence electrons. The first-order valence-corrected chi connectivity index (χ1v) is 11.4. The maximum absolute atomic E-state index is 14.4. The molecular weight excluding hydrogens is 414 g/mol. The number of thioether (sulfide) groups is 1. The minimum absolute atomic E-state index is 0.0573. The van der Waals surface area contributed by atoms with Crippen LogP contribution in [-0.4, -0.2) is 37.2 Å². The number of amidine groups is 1. The maximum Gasteiger partial charge on any atom is 0.164 e. The molecule has 0 saturated carbocycles. The van der Waals surface area contributed by atoms with Crippen LogP contribution < -0.4 is 4.90 Å². The highest BCUT2D eigenvalue weighted by Gasteiger charge is 2.47. The molecule has 0 radical (unpaired) electrons. The second-order valence-corrected chi connectivity index (χ2v) is 10.0. The third kappa shape index (κ3) is 3.83. The van der Waals surface area contributed by atoms with Gasteiger partial charge in [0.2, 0.25) is 0 Å². The summed E-state index contributed by atoms with van der Waals surface area (Å²) in [5.74, 6) is -1.03. The number of halogens is 3. The molecule has 2 aliphatic rings. The van der Waals surface area contributed by atoms with Gasteiger partial charge in [-0.15, -0.1) is 0 Å². The average molecular weight is 429 g/mol. The largest absolute Gasteiger partial charge is 0.312 e. The minimum Gasteiger partial charge on any atom is -0.312 e. The maximum atomic E-state index is 14.4. The number of benzene rings is 2. The van der Waals surface area contributed by atoms with E-state index in [0.29, 0.717) is 15.9 Å². The standard InChI is InChI=1S/C18H15ClF2N2O2S2/c19-12-3-1-2-11(6-12)8-26-18-22-15-9-27(24,25)10-17(15)23(18)16-5-4-13(20)7-14(16)21/h1-7,15,17H,8-10H2/t15-,17+/m0/s1. The van der Waals surface area contributed by atoms with E-state index in [-0.39, 0.29) is 17.2 Å². The number of rotatable bonds is 3. The molecule has 2 heterocycles. The van der Waals surface area contributed by atoms with Crippen molar-refractivity contribution in [3.05, 3.63) is 64.7 Å². The van der Waals surface area contributed by atoms with Crippen LogP contribution in [0.2, 0.25) is 5.02 Å². The van der Waals surface area contributed by atoms with Gasteiger partial charge in [0.05, 0.1) is 29.3 Å². The van der Waals surface area contributed by atoms with E-state index in [9.17, 15) is 17.2 Å². The van der Waals surface area contributed by atoms with Crippen LogP contribution in [-0.2, 0) is 15.6 Å². The molecule has 2 aromatic rings. The molecule has 4 rings (SSSR count). The summed E-state index contributed by atoms with van der Waals surface area (Å²) in [7, 11) is -3.24. The number of nitrogens with zero attached hydrogens (tertiary/aromatic N) is 2. The summed E-state index contributed by atoms with van der Waals surface area (Å²) in [6.07, 6.45) is 0. The monoisotopic (exact) mass is 428 g/mol. The summed E-state index contributed by atoms with van der Waals surface area (Å²) in [6.45, 7) is 0. The van der Waals surface area contributed by atoms with Gasteiger partial charge in [0.1, 0.15) is 11.6 Å². The number of hydrogen-bond donors (Lipinski definition) is 0. The van der Waals surface area contributed by atoms with Crippen LogP contribution >= 0.6 is 23.4 Å². The Kier molecular flexibility index (Phi) is 4.90. The van der Waals surface area contributed by atoms with Gasteiger partial charge in [0, 0.05) is 16.8 Å². The molecule has 4 nitrogen and oxygen atoms in total. The van der Waals surface area contributed by atoms with E-state index in [2.05, 4.69) is 4.99 Å². The van der Waals surface area contributed by atoms with E-state index >= 15 is 0 Å². The fraction of sp³-hybridized carbons (Fsp3) is 0.278. The van der Waals surface area contributed by atoms with Gasteiger partial charge in [-0.1, -0.05) is 35.5 Å². The van der Waals surface area contributed by atoms with Gasteiger partial charge < -0.3 is 4.90 Å². The van der Waals surface area contributed by atoms with E-state index in [1.165, 1.54) is 17.8 Å². The highest BCUT2D eigenvalue weighted by molar-refractivity contribution is 8.13. The SMILES string of the molecule is O=S1(=O)C[C@@H]2N=C(SCc3cccc(Cl)c3)N(c3ccc(F)cc3F)[C@@H]2C1. The van der Waals surface area contributed by atoms with E-state index in [0.717, 1.165) is 17.7 Å². The van der Waals surface area contributed by atoms with Gasteiger partial charge in [-0.25, -0.2) is 17.2 Å². The van der Waals surface area contributed by atoms with Crippen LogP contribution in [0.1, 0.15) is 5.56 Å². The zero-order valence-electron chi connectivity index (χ0n) is 14.0. The number of anilines is 1. The van der Waals surface area contributed by atoms with Crippen molar-refractivity contribution < 1.29 is 17.2 Å². The lowest BCUT2D eigenvalue weighted by Gasteiger charge is -2.26. The van der Waals surface area contributed by atoms with E-state index in [1.807, 2.05) is 18.2 Å². The van der Waals surface area contributed by atoms with Crippen molar-refractivity contribution in [3.8, 4) is 0 Å². The Labute approximate surface area is 165 Å². The van der Waals surface area contributed by atoms with E-state index in [1.54, 1.807) is 11.0 Å². The first-order chi connectivity index (χ1) is 12.8. The molecule has 0 bridgehead atoms. The van der Waals surface area contributed by atoms with Crippen LogP contribution in [0.4, 0.5) is 14.5 Å². The van der Waals surface area contributed by atoms with Gasteiger partial charge in [0.25, 0.3) is 0 Å². The van der Waals surface area contributed by atoms with Crippen LogP contribution in [0.3, 0.4) is 0 Å². The fourth-order valence-electron chi connectivity index (χ4n) is 3.37. The van der Waals surface area contributed by atoms with E-state index < -0.39 is 33.6 Å². The van der Waals surface area contributed by atoms with Gasteiger partial charge in [-0.05, 0) is 29.8 Å². The van der Waals surface area contributed by atoms with Crippen molar-refractivity contribution in [2.24, 2.45) is 4.99 Å². The Morgan fingerprint density at radius 2 is 2.00 bits per heavy atom. The van der Waals surface area contributed by atoms with Crippen LogP contribution in [0.15, 0.2) is 47.5 Å². The lowest BCUT2D eigenvalue weighted by molar-refractivity contribution is 0.577. The predicted molar refractivity (Wildman–Crippen MR) is 105 cm³/mol. The Bertz CT molecular complexity index is 1030. The number of fused-ring (bicyclic) bond motifs is 1. The van der Waals surface area contributed by atoms with Crippen molar-refractivity contribution in [2.75, 3.05) is 16.4 Å². The molecule has 1 saturated heterocycles. The molecular formula is C18H15ClF2N2O2S2. The van der Waals surface area contributed by atoms with Gasteiger partial charge in [0.15, 0.2) is 15.0 Å². The highest BCUT2D eigenvalue weighted by atomic mass is 35.5. The summed E-state index contributed by atoms with van der Waals surface area (Å²) in [5, 5.41) is 1.15. The van der Waals surface area contributed by atoms with Gasteiger partial charge >= 0.3 is 0 Å². The number of hydrogen-bond acceptors (Lipinski definition) is 5. The second-order valence-electron chi connectivity index (χ2n) is 6.51. The zero-order valence-corrected chi connectivity index (χ0v) is 16.4. The first kappa shape index (κ1) is 18.7. The molecule has 9 heteroatoms. The van der Waals surface area contributed by atoms with Crippen molar-refractivity contribution in [1.82, 2.24) is 0 Å². The quantitative estimate of drug-likeness (QED) is 0.744. The summed E-state index contributed by atoms with van der Waals surface area (Å²) in [5.41, 5.74) is 1.11. The minimum atomic E-state index is -3.24. The first-order valence-electron chi connectivity index (χ1n) is 8.22. The molecule has 0 spiro atoms. The Morgan fingerprint density at radius 1 is 1.19 bits per heavy atom. The molecule has 2 aliphatic heterocycles. The lowest BCUT2D eigenvalue weighted by atomic mass is 10.1. The average Bonchev–Trinajstić information content (AvgIpc) is 3.05. The van der Waals surface area contributed by atoms with Crippen molar-refractivity contribution in [2.45, 2.75) is 17.8 Å². The summed E-state index contributed by atoms with van der Waals surface area (Å²) in [4.78, 5) is 6.13. The predicted octanol–water partition coefficient (Wildman–Crippen LogP) is 3.89. The number of sulfone groups is 1. The molecule has 2 aromatic carbocycles. The van der Waals surface area contributed by atoms with Crippen LogP contribution in [0.25, 0.3) is 0 Å². The summed E-state index contributed by atoms with van der Waals surface area (Å²) in [6, 6.07) is 9.73. The molecule has 0 aromatic heterocycles. The van der Waals surface area contributed by atoms with E-state index in [4.69, 9.17) is 11.6 Å². The highest BCUT2D eigenvalue weighted by Crippen LogP contribution is 2.37. The molecule has 1 fully saturated rings. The Balaban J connectivity index is 1.65. The number of aliphatic imine (C=N–C) groups is 1. The smallest absolute Gasteiger partial charge is 0.164 e. The molecule has 0 aliphatic carbocycles. The molecule has 0 amide bonds. The molecule has 0 N–H and O–H groups in total. The molecule has 27 heavy (non-hydrogen) atoms. The lowest BCUT2D eigenvalue weighted by Crippen LogP contribution is -2.39. The third-order valence-electron chi connectivity index (χ3n) is 4.53. The normalized spacial score (nSPS) is 23.4. The topological polar surface area (TPSA) is 49.7 Å². The van der Waals surface area contributed by atoms with Crippen molar-refractivity contribution >= 4 is 44.1 Å².